The molecule has 0 aliphatic carbocycles. The van der Waals surface area contributed by atoms with Gasteiger partial charge in [-0.05, 0) is 68.4 Å². The van der Waals surface area contributed by atoms with Crippen LogP contribution in [0, 0.1) is 5.82 Å². The summed E-state index contributed by atoms with van der Waals surface area (Å²) < 4.78 is 62.7. The summed E-state index contributed by atoms with van der Waals surface area (Å²) in [5.41, 5.74) is 2.25. The van der Waals surface area contributed by atoms with Crippen LogP contribution in [0.15, 0.2) is 65.1 Å². The van der Waals surface area contributed by atoms with E-state index in [9.17, 15) is 17.6 Å². The molecule has 38 heavy (non-hydrogen) atoms. The second-order valence-electron chi connectivity index (χ2n) is 8.86. The molecule has 1 aliphatic heterocycles. The highest BCUT2D eigenvalue weighted by Gasteiger charge is 2.30. The molecule has 1 aliphatic rings. The molecule has 5 rings (SSSR count). The Morgan fingerprint density at radius 3 is 2.37 bits per heavy atom. The molecule has 198 valence electrons. The normalized spacial score (nSPS) is 15.7. The van der Waals surface area contributed by atoms with Gasteiger partial charge in [0, 0.05) is 22.6 Å². The number of rotatable bonds is 6. The summed E-state index contributed by atoms with van der Waals surface area (Å²) in [4.78, 5) is 13.1. The van der Waals surface area contributed by atoms with Crippen molar-refractivity contribution in [3.8, 4) is 22.8 Å². The predicted octanol–water partition coefficient (Wildman–Crippen LogP) is 6.07. The van der Waals surface area contributed by atoms with Crippen molar-refractivity contribution in [2.24, 2.45) is 0 Å². The average molecular weight is 540 g/mol. The molecule has 0 saturated heterocycles. The van der Waals surface area contributed by atoms with Gasteiger partial charge in [0.2, 0.25) is 10.0 Å². The second-order valence-corrected chi connectivity index (χ2v) is 10.8. The first kappa shape index (κ1) is 25.7. The number of furan rings is 1. The number of sulfonamides is 1. The van der Waals surface area contributed by atoms with Crippen LogP contribution in [0.4, 0.5) is 10.1 Å². The van der Waals surface area contributed by atoms with E-state index in [-0.39, 0.29) is 36.9 Å². The minimum Gasteiger partial charge on any atom is -0.462 e. The number of esters is 1. The summed E-state index contributed by atoms with van der Waals surface area (Å²) >= 11 is 0. The van der Waals surface area contributed by atoms with Crippen molar-refractivity contribution in [1.82, 2.24) is 0 Å². The van der Waals surface area contributed by atoms with E-state index in [0.29, 0.717) is 39.3 Å². The van der Waals surface area contributed by atoms with Crippen LogP contribution in [0.2, 0.25) is 0 Å². The fourth-order valence-electron chi connectivity index (χ4n) is 4.48. The van der Waals surface area contributed by atoms with E-state index in [2.05, 4.69) is 0 Å². The van der Waals surface area contributed by atoms with E-state index < -0.39 is 22.1 Å². The molecule has 4 aromatic rings. The van der Waals surface area contributed by atoms with E-state index in [1.54, 1.807) is 43.3 Å². The van der Waals surface area contributed by atoms with Crippen LogP contribution in [-0.4, -0.2) is 40.4 Å². The summed E-state index contributed by atoms with van der Waals surface area (Å²) in [5.74, 6) is 0.349. The number of nitrogens with zero attached hydrogens (tertiary/aromatic N) is 1. The Hall–Kier alpha value is -3.89. The predicted molar refractivity (Wildman–Crippen MR) is 141 cm³/mol. The monoisotopic (exact) mass is 539 g/mol. The molecular weight excluding hydrogens is 513 g/mol. The van der Waals surface area contributed by atoms with Gasteiger partial charge in [0.15, 0.2) is 0 Å². The Kier molecular flexibility index (Phi) is 6.85. The van der Waals surface area contributed by atoms with E-state index in [0.717, 1.165) is 6.26 Å². The maximum Gasteiger partial charge on any atom is 0.342 e. The minimum atomic E-state index is -3.58. The Balaban J connectivity index is 1.62. The molecule has 0 saturated carbocycles. The highest BCUT2D eigenvalue weighted by Crippen LogP contribution is 2.42. The lowest BCUT2D eigenvalue weighted by molar-refractivity contribution is 0.0528. The van der Waals surface area contributed by atoms with Gasteiger partial charge in [-0.15, -0.1) is 0 Å². The quantitative estimate of drug-likeness (QED) is 0.275. The second kappa shape index (κ2) is 10.1. The summed E-state index contributed by atoms with van der Waals surface area (Å²) in [5, 5.41) is 0.495. The van der Waals surface area contributed by atoms with Gasteiger partial charge in [0.1, 0.15) is 34.2 Å². The van der Waals surface area contributed by atoms with Crippen LogP contribution in [0.5, 0.6) is 11.5 Å². The molecule has 0 N–H and O–H groups in total. The average Bonchev–Trinajstić information content (AvgIpc) is 3.16. The van der Waals surface area contributed by atoms with E-state index >= 15 is 0 Å². The SMILES string of the molecule is CCOC(=O)c1c(-c2ccc(Oc3ccc(F)cc3)cc2)oc2cc3c(cc12)C(C)OCCN3S(C)(=O)=O. The minimum absolute atomic E-state index is 0.162. The highest BCUT2D eigenvalue weighted by atomic mass is 32.2. The van der Waals surface area contributed by atoms with Gasteiger partial charge in [-0.2, -0.15) is 0 Å². The standard InChI is InChI=1S/C28H26FNO7S/c1-4-34-28(31)26-23-15-22-17(2)35-14-13-30(38(3,32)33)24(22)16-25(23)37-27(26)18-5-9-20(10-6-18)36-21-11-7-19(29)8-12-21/h5-12,15-17H,4,13-14H2,1-3H3. The summed E-state index contributed by atoms with van der Waals surface area (Å²) in [6.45, 7) is 4.11. The van der Waals surface area contributed by atoms with Gasteiger partial charge in [-0.25, -0.2) is 17.6 Å². The third-order valence-corrected chi connectivity index (χ3v) is 7.43. The molecule has 10 heteroatoms. The van der Waals surface area contributed by atoms with Crippen molar-refractivity contribution in [2.75, 3.05) is 30.3 Å². The number of fused-ring (bicyclic) bond motifs is 2. The number of hydrogen-bond acceptors (Lipinski definition) is 7. The Labute approximate surface area is 219 Å². The van der Waals surface area contributed by atoms with Gasteiger partial charge in [-0.3, -0.25) is 4.31 Å². The van der Waals surface area contributed by atoms with Crippen LogP contribution in [0.3, 0.4) is 0 Å². The van der Waals surface area contributed by atoms with E-state index in [1.807, 2.05) is 6.92 Å². The fraction of sp³-hybridized carbons (Fsp3) is 0.250. The summed E-state index contributed by atoms with van der Waals surface area (Å²) in [7, 11) is -3.58. The molecule has 0 radical (unpaired) electrons. The van der Waals surface area contributed by atoms with Crippen molar-refractivity contribution < 1.29 is 36.2 Å². The van der Waals surface area contributed by atoms with E-state index in [4.69, 9.17) is 18.6 Å². The summed E-state index contributed by atoms with van der Waals surface area (Å²) in [6, 6.07) is 15.9. The van der Waals surface area contributed by atoms with Gasteiger partial charge in [0.05, 0.1) is 37.8 Å². The smallest absolute Gasteiger partial charge is 0.342 e. The maximum atomic E-state index is 13.2. The zero-order chi connectivity index (χ0) is 27.0. The Bertz CT molecular complexity index is 1600. The van der Waals surface area contributed by atoms with Crippen molar-refractivity contribution in [3.63, 3.8) is 0 Å². The number of carbonyl (C=O) groups is 1. The lowest BCUT2D eigenvalue weighted by Gasteiger charge is -2.22. The van der Waals surface area contributed by atoms with Gasteiger partial charge < -0.3 is 18.6 Å². The molecule has 0 fully saturated rings. The zero-order valence-electron chi connectivity index (χ0n) is 21.1. The first-order valence-electron chi connectivity index (χ1n) is 12.1. The van der Waals surface area contributed by atoms with Crippen LogP contribution >= 0.6 is 0 Å². The molecule has 2 heterocycles. The maximum absolute atomic E-state index is 13.2. The largest absolute Gasteiger partial charge is 0.462 e. The molecule has 1 atom stereocenters. The number of benzene rings is 3. The zero-order valence-corrected chi connectivity index (χ0v) is 21.9. The van der Waals surface area contributed by atoms with E-state index in [1.165, 1.54) is 28.6 Å². The Morgan fingerprint density at radius 2 is 1.74 bits per heavy atom. The lowest BCUT2D eigenvalue weighted by atomic mass is 10.0. The molecule has 8 nitrogen and oxygen atoms in total. The summed E-state index contributed by atoms with van der Waals surface area (Å²) in [6.07, 6.45) is 0.738. The lowest BCUT2D eigenvalue weighted by Crippen LogP contribution is -2.32. The third kappa shape index (κ3) is 4.97. The number of carbonyl (C=O) groups excluding carboxylic acids is 1. The van der Waals surface area contributed by atoms with Crippen LogP contribution in [-0.2, 0) is 19.5 Å². The molecule has 0 bridgehead atoms. The number of hydrogen-bond donors (Lipinski definition) is 0. The molecular formula is C28H26FNO7S. The molecule has 1 unspecified atom stereocenters. The number of halogens is 1. The molecule has 0 amide bonds. The van der Waals surface area contributed by atoms with Crippen LogP contribution in [0.25, 0.3) is 22.3 Å². The number of ether oxygens (including phenoxy) is 3. The number of anilines is 1. The van der Waals surface area contributed by atoms with Crippen molar-refractivity contribution in [2.45, 2.75) is 20.0 Å². The molecule has 0 spiro atoms. The fourth-order valence-corrected chi connectivity index (χ4v) is 5.40. The van der Waals surface area contributed by atoms with Crippen molar-refractivity contribution in [1.29, 1.82) is 0 Å². The topological polar surface area (TPSA) is 95.3 Å². The van der Waals surface area contributed by atoms with Gasteiger partial charge >= 0.3 is 5.97 Å². The van der Waals surface area contributed by atoms with Gasteiger partial charge in [-0.1, -0.05) is 0 Å². The first-order valence-corrected chi connectivity index (χ1v) is 13.9. The van der Waals surface area contributed by atoms with Gasteiger partial charge in [0.25, 0.3) is 0 Å². The Morgan fingerprint density at radius 1 is 1.08 bits per heavy atom. The van der Waals surface area contributed by atoms with Crippen molar-refractivity contribution in [3.05, 3.63) is 77.6 Å². The van der Waals surface area contributed by atoms with Crippen LogP contribution in [0.1, 0.15) is 35.9 Å². The first-order chi connectivity index (χ1) is 18.2. The molecule has 1 aromatic heterocycles. The third-order valence-electron chi connectivity index (χ3n) is 6.25. The molecule has 3 aromatic carbocycles. The highest BCUT2D eigenvalue weighted by molar-refractivity contribution is 7.92. The van der Waals surface area contributed by atoms with Crippen molar-refractivity contribution >= 4 is 32.6 Å². The van der Waals surface area contributed by atoms with Crippen LogP contribution < -0.4 is 9.04 Å².